The molecule has 6 heteroatoms. The Morgan fingerprint density at radius 2 is 2.08 bits per heavy atom. The molecular formula is C20H22N4OS. The molecule has 0 fully saturated rings. The summed E-state index contributed by atoms with van der Waals surface area (Å²) in [6, 6.07) is 10.0. The average Bonchev–Trinajstić information content (AvgIpc) is 2.62. The Bertz CT molecular complexity index is 998. The number of aromatic amines is 1. The molecule has 0 spiro atoms. The van der Waals surface area contributed by atoms with Crippen LogP contribution < -0.4 is 10.9 Å². The number of benzene rings is 1. The molecule has 0 aliphatic carbocycles. The minimum absolute atomic E-state index is 0.0838. The highest BCUT2D eigenvalue weighted by Crippen LogP contribution is 2.19. The topological polar surface area (TPSA) is 61.0 Å². The molecule has 2 heterocycles. The Morgan fingerprint density at radius 3 is 2.77 bits per heavy atom. The van der Waals surface area contributed by atoms with E-state index in [4.69, 9.17) is 12.2 Å². The average molecular weight is 366 g/mol. The number of hydrogen-bond acceptors (Lipinski definition) is 3. The summed E-state index contributed by atoms with van der Waals surface area (Å²) in [7, 11) is 1.79. The lowest BCUT2D eigenvalue weighted by molar-refractivity contribution is 0.400. The molecule has 3 rings (SSSR count). The highest BCUT2D eigenvalue weighted by Gasteiger charge is 2.14. The molecule has 0 aliphatic rings. The smallest absolute Gasteiger partial charge is 0.253 e. The van der Waals surface area contributed by atoms with E-state index in [1.807, 2.05) is 36.2 Å². The van der Waals surface area contributed by atoms with Gasteiger partial charge in [-0.3, -0.25) is 9.78 Å². The first-order valence-corrected chi connectivity index (χ1v) is 8.87. The van der Waals surface area contributed by atoms with Gasteiger partial charge in [-0.2, -0.15) is 0 Å². The van der Waals surface area contributed by atoms with Crippen molar-refractivity contribution in [1.82, 2.24) is 20.2 Å². The molecule has 0 atom stereocenters. The van der Waals surface area contributed by atoms with Crippen molar-refractivity contribution in [1.29, 1.82) is 0 Å². The number of fused-ring (bicyclic) bond motifs is 1. The number of pyridine rings is 2. The molecule has 26 heavy (non-hydrogen) atoms. The maximum absolute atomic E-state index is 12.6. The van der Waals surface area contributed by atoms with Crippen LogP contribution in [0.5, 0.6) is 0 Å². The van der Waals surface area contributed by atoms with Crippen LogP contribution in [0.4, 0.5) is 0 Å². The third-order valence-electron chi connectivity index (χ3n) is 4.33. The van der Waals surface area contributed by atoms with E-state index in [9.17, 15) is 4.79 Å². The monoisotopic (exact) mass is 366 g/mol. The lowest BCUT2D eigenvalue weighted by atomic mass is 10.1. The fraction of sp³-hybridized carbons (Fsp3) is 0.250. The molecule has 0 radical (unpaired) electrons. The Kier molecular flexibility index (Phi) is 5.32. The highest BCUT2D eigenvalue weighted by molar-refractivity contribution is 7.80. The predicted octanol–water partition coefficient (Wildman–Crippen LogP) is 3.05. The van der Waals surface area contributed by atoms with Gasteiger partial charge in [0.2, 0.25) is 0 Å². The van der Waals surface area contributed by atoms with Crippen LogP contribution >= 0.6 is 12.2 Å². The number of hydrogen-bond donors (Lipinski definition) is 2. The summed E-state index contributed by atoms with van der Waals surface area (Å²) in [5, 5.41) is 4.63. The Hall–Kier alpha value is -2.73. The third kappa shape index (κ3) is 3.91. The number of aromatic nitrogens is 2. The van der Waals surface area contributed by atoms with Crippen LogP contribution in [0.1, 0.15) is 22.3 Å². The first-order chi connectivity index (χ1) is 12.5. The molecule has 2 aromatic heterocycles. The van der Waals surface area contributed by atoms with Crippen molar-refractivity contribution in [2.24, 2.45) is 0 Å². The fourth-order valence-electron chi connectivity index (χ4n) is 3.12. The van der Waals surface area contributed by atoms with Gasteiger partial charge in [-0.15, -0.1) is 0 Å². The molecule has 0 aliphatic heterocycles. The van der Waals surface area contributed by atoms with E-state index in [0.717, 1.165) is 22.0 Å². The van der Waals surface area contributed by atoms with Crippen LogP contribution in [0.15, 0.2) is 47.5 Å². The lowest BCUT2D eigenvalue weighted by Crippen LogP contribution is -2.38. The Balaban J connectivity index is 1.96. The molecule has 0 bridgehead atoms. The van der Waals surface area contributed by atoms with Gasteiger partial charge in [-0.05, 0) is 60.8 Å². The molecule has 5 nitrogen and oxygen atoms in total. The molecular weight excluding hydrogens is 344 g/mol. The summed E-state index contributed by atoms with van der Waals surface area (Å²) < 4.78 is 0. The van der Waals surface area contributed by atoms with Gasteiger partial charge in [0.1, 0.15) is 0 Å². The molecule has 0 saturated carbocycles. The van der Waals surface area contributed by atoms with Gasteiger partial charge in [-0.25, -0.2) is 0 Å². The third-order valence-corrected chi connectivity index (χ3v) is 4.79. The number of nitrogens with zero attached hydrogens (tertiary/aromatic N) is 2. The summed E-state index contributed by atoms with van der Waals surface area (Å²) >= 11 is 5.44. The molecule has 134 valence electrons. The number of thiocarbonyl (C=S) groups is 1. The number of rotatable bonds is 4. The van der Waals surface area contributed by atoms with Crippen molar-refractivity contribution >= 4 is 28.2 Å². The van der Waals surface area contributed by atoms with Crippen molar-refractivity contribution in [3.8, 4) is 0 Å². The predicted molar refractivity (Wildman–Crippen MR) is 109 cm³/mol. The highest BCUT2D eigenvalue weighted by atomic mass is 32.1. The number of nitrogens with one attached hydrogen (secondary N) is 2. The molecule has 3 aromatic rings. The summed E-state index contributed by atoms with van der Waals surface area (Å²) in [5.41, 5.74) is 4.77. The summed E-state index contributed by atoms with van der Waals surface area (Å²) in [6.07, 6.45) is 3.55. The quantitative estimate of drug-likeness (QED) is 0.695. The number of H-pyrrole nitrogens is 1. The normalized spacial score (nSPS) is 10.7. The van der Waals surface area contributed by atoms with Crippen LogP contribution in [0.25, 0.3) is 10.9 Å². The lowest BCUT2D eigenvalue weighted by Gasteiger charge is -2.25. The van der Waals surface area contributed by atoms with Gasteiger partial charge < -0.3 is 15.2 Å². The summed E-state index contributed by atoms with van der Waals surface area (Å²) in [5.74, 6) is 0. The van der Waals surface area contributed by atoms with E-state index in [2.05, 4.69) is 34.3 Å². The second-order valence-corrected chi connectivity index (χ2v) is 6.83. The summed E-state index contributed by atoms with van der Waals surface area (Å²) in [4.78, 5) is 21.7. The maximum Gasteiger partial charge on any atom is 0.253 e. The molecule has 1 aromatic carbocycles. The second-order valence-electron chi connectivity index (χ2n) is 6.44. The maximum atomic E-state index is 12.6. The SMILES string of the molecule is CNC(=S)N(Cc1cccnc1)Cc1cc2cc(C)cc(C)c2[nH]c1=O. The second kappa shape index (κ2) is 7.66. The van der Waals surface area contributed by atoms with E-state index >= 15 is 0 Å². The first kappa shape index (κ1) is 18.1. The molecule has 0 amide bonds. The van der Waals surface area contributed by atoms with Crippen molar-refractivity contribution in [3.05, 3.63) is 75.3 Å². The van der Waals surface area contributed by atoms with Crippen LogP contribution in [0.2, 0.25) is 0 Å². The van der Waals surface area contributed by atoms with E-state index in [1.54, 1.807) is 13.2 Å². The largest absolute Gasteiger partial charge is 0.366 e. The van der Waals surface area contributed by atoms with E-state index in [0.29, 0.717) is 23.8 Å². The van der Waals surface area contributed by atoms with Gasteiger partial charge in [0, 0.05) is 31.5 Å². The first-order valence-electron chi connectivity index (χ1n) is 8.46. The van der Waals surface area contributed by atoms with Crippen molar-refractivity contribution in [2.75, 3.05) is 7.05 Å². The zero-order valence-corrected chi connectivity index (χ0v) is 16.0. The van der Waals surface area contributed by atoms with E-state index in [1.165, 1.54) is 5.56 Å². The van der Waals surface area contributed by atoms with Gasteiger partial charge in [-0.1, -0.05) is 17.7 Å². The van der Waals surface area contributed by atoms with E-state index in [-0.39, 0.29) is 5.56 Å². The van der Waals surface area contributed by atoms with Crippen LogP contribution in [0, 0.1) is 13.8 Å². The van der Waals surface area contributed by atoms with Gasteiger partial charge >= 0.3 is 0 Å². The zero-order valence-electron chi connectivity index (χ0n) is 15.2. The molecule has 0 saturated heterocycles. The van der Waals surface area contributed by atoms with Crippen molar-refractivity contribution < 1.29 is 0 Å². The van der Waals surface area contributed by atoms with Gasteiger partial charge in [0.05, 0.1) is 12.1 Å². The molecule has 0 unspecified atom stereocenters. The van der Waals surface area contributed by atoms with Crippen LogP contribution in [-0.4, -0.2) is 27.0 Å². The zero-order chi connectivity index (χ0) is 18.7. The van der Waals surface area contributed by atoms with Crippen LogP contribution in [-0.2, 0) is 13.1 Å². The fourth-order valence-corrected chi connectivity index (χ4v) is 3.25. The van der Waals surface area contributed by atoms with Gasteiger partial charge in [0.25, 0.3) is 5.56 Å². The Labute approximate surface area is 158 Å². The number of aryl methyl sites for hydroxylation is 2. The molecule has 2 N–H and O–H groups in total. The van der Waals surface area contributed by atoms with Crippen molar-refractivity contribution in [2.45, 2.75) is 26.9 Å². The standard InChI is InChI=1S/C20H22N4OS/c1-13-7-14(2)18-16(8-13)9-17(19(25)23-18)12-24(20(26)21-3)11-15-5-4-6-22-10-15/h4-10H,11-12H2,1-3H3,(H,21,26)(H,23,25). The van der Waals surface area contributed by atoms with Gasteiger partial charge in [0.15, 0.2) is 5.11 Å². The Morgan fingerprint density at radius 1 is 1.27 bits per heavy atom. The van der Waals surface area contributed by atoms with Crippen LogP contribution in [0.3, 0.4) is 0 Å². The van der Waals surface area contributed by atoms with E-state index < -0.39 is 0 Å². The van der Waals surface area contributed by atoms with Crippen molar-refractivity contribution in [3.63, 3.8) is 0 Å². The minimum atomic E-state index is -0.0838. The summed E-state index contributed by atoms with van der Waals surface area (Å²) in [6.45, 7) is 5.07. The minimum Gasteiger partial charge on any atom is -0.366 e.